The molecular weight excluding hydrogens is 300 g/mol. The third-order valence-corrected chi connectivity index (χ3v) is 4.51. The first kappa shape index (κ1) is 14.4. The normalized spacial score (nSPS) is 19.0. The van der Waals surface area contributed by atoms with Gasteiger partial charge < -0.3 is 5.73 Å². The molecule has 1 aromatic carbocycles. The number of hydrogen-bond donors (Lipinski definition) is 1. The zero-order chi connectivity index (χ0) is 16.6. The van der Waals surface area contributed by atoms with E-state index in [-0.39, 0.29) is 0 Å². The Labute approximate surface area is 139 Å². The average Bonchev–Trinajstić information content (AvgIpc) is 3.06. The molecule has 0 saturated heterocycles. The van der Waals surface area contributed by atoms with Crippen LogP contribution in [0.15, 0.2) is 67.0 Å². The lowest BCUT2D eigenvalue weighted by Crippen LogP contribution is -2.34. The number of fused-ring (bicyclic) bond motifs is 1. The third kappa shape index (κ3) is 2.13. The van der Waals surface area contributed by atoms with E-state index in [0.29, 0.717) is 6.42 Å². The molecule has 2 aromatic heterocycles. The standard InChI is InChI=1S/C19H16N4O/c20-18(24)23-16-12-19(10-9-14(16)13-22-23,15-6-2-1-3-7-15)17-8-4-5-11-21-17/h1-11,13H,12H2,(H2,20,24). The fourth-order valence-electron chi connectivity index (χ4n) is 3.33. The van der Waals surface area contributed by atoms with Crippen molar-refractivity contribution in [3.8, 4) is 0 Å². The molecule has 24 heavy (non-hydrogen) atoms. The van der Waals surface area contributed by atoms with E-state index in [9.17, 15) is 4.79 Å². The zero-order valence-electron chi connectivity index (χ0n) is 13.0. The summed E-state index contributed by atoms with van der Waals surface area (Å²) in [6.07, 6.45) is 8.16. The fraction of sp³-hybridized carbons (Fsp3) is 0.105. The van der Waals surface area contributed by atoms with Crippen LogP contribution in [0.1, 0.15) is 22.5 Å². The van der Waals surface area contributed by atoms with E-state index >= 15 is 0 Å². The summed E-state index contributed by atoms with van der Waals surface area (Å²) in [6.45, 7) is 0. The largest absolute Gasteiger partial charge is 0.350 e. The van der Waals surface area contributed by atoms with Crippen molar-refractivity contribution >= 4 is 12.1 Å². The molecule has 0 fully saturated rings. The molecule has 0 spiro atoms. The summed E-state index contributed by atoms with van der Waals surface area (Å²) in [7, 11) is 0. The Balaban J connectivity index is 1.93. The fourth-order valence-corrected chi connectivity index (χ4v) is 3.33. The summed E-state index contributed by atoms with van der Waals surface area (Å²) >= 11 is 0. The number of primary amides is 1. The molecule has 2 N–H and O–H groups in total. The molecule has 118 valence electrons. The second-order valence-corrected chi connectivity index (χ2v) is 5.86. The minimum absolute atomic E-state index is 0.456. The smallest absolute Gasteiger partial charge is 0.339 e. The predicted molar refractivity (Wildman–Crippen MR) is 91.4 cm³/mol. The van der Waals surface area contributed by atoms with Crippen molar-refractivity contribution < 1.29 is 4.79 Å². The molecule has 0 saturated carbocycles. The maximum absolute atomic E-state index is 11.7. The number of aromatic nitrogens is 3. The van der Waals surface area contributed by atoms with Crippen molar-refractivity contribution in [3.05, 3.63) is 89.5 Å². The van der Waals surface area contributed by atoms with E-state index in [4.69, 9.17) is 5.73 Å². The van der Waals surface area contributed by atoms with Crippen LogP contribution in [-0.4, -0.2) is 20.8 Å². The van der Waals surface area contributed by atoms with Gasteiger partial charge in [-0.25, -0.2) is 4.79 Å². The van der Waals surface area contributed by atoms with Crippen molar-refractivity contribution in [3.63, 3.8) is 0 Å². The minimum Gasteiger partial charge on any atom is -0.350 e. The lowest BCUT2D eigenvalue weighted by Gasteiger charge is -2.33. The molecular formula is C19H16N4O. The molecule has 0 aliphatic heterocycles. The van der Waals surface area contributed by atoms with Crippen LogP contribution >= 0.6 is 0 Å². The highest BCUT2D eigenvalue weighted by Gasteiger charge is 2.38. The van der Waals surface area contributed by atoms with Crippen molar-refractivity contribution in [1.29, 1.82) is 0 Å². The Hall–Kier alpha value is -3.21. The summed E-state index contributed by atoms with van der Waals surface area (Å²) in [5, 5.41) is 4.12. The monoisotopic (exact) mass is 316 g/mol. The Bertz CT molecular complexity index is 874. The first-order valence-corrected chi connectivity index (χ1v) is 7.74. The van der Waals surface area contributed by atoms with Crippen molar-refractivity contribution in [2.24, 2.45) is 5.73 Å². The second kappa shape index (κ2) is 5.45. The molecule has 2 heterocycles. The molecule has 5 nitrogen and oxygen atoms in total. The number of pyridine rings is 1. The quantitative estimate of drug-likeness (QED) is 0.790. The second-order valence-electron chi connectivity index (χ2n) is 5.86. The number of nitrogens with zero attached hydrogens (tertiary/aromatic N) is 3. The van der Waals surface area contributed by atoms with Gasteiger partial charge in [-0.2, -0.15) is 9.78 Å². The topological polar surface area (TPSA) is 73.8 Å². The molecule has 1 amide bonds. The number of nitrogens with two attached hydrogens (primary N) is 1. The molecule has 1 aliphatic rings. The van der Waals surface area contributed by atoms with Crippen molar-refractivity contribution in [1.82, 2.24) is 14.8 Å². The van der Waals surface area contributed by atoms with E-state index in [2.05, 4.69) is 28.3 Å². The summed E-state index contributed by atoms with van der Waals surface area (Å²) in [5.74, 6) is 0. The lowest BCUT2D eigenvalue weighted by atomic mass is 9.70. The van der Waals surface area contributed by atoms with Gasteiger partial charge in [-0.05, 0) is 17.7 Å². The van der Waals surface area contributed by atoms with Crippen LogP contribution in [0.2, 0.25) is 0 Å². The maximum atomic E-state index is 11.7. The summed E-state index contributed by atoms with van der Waals surface area (Å²) in [6, 6.07) is 15.5. The molecule has 1 atom stereocenters. The first-order valence-electron chi connectivity index (χ1n) is 7.74. The molecule has 4 rings (SSSR count). The highest BCUT2D eigenvalue weighted by atomic mass is 16.2. The SMILES string of the molecule is NC(=O)n1ncc2c1CC(c1ccccc1)(c1ccccn1)C=C2. The van der Waals surface area contributed by atoms with Gasteiger partial charge in [0.2, 0.25) is 0 Å². The van der Waals surface area contributed by atoms with Gasteiger partial charge >= 0.3 is 6.03 Å². The van der Waals surface area contributed by atoms with Gasteiger partial charge in [0.15, 0.2) is 0 Å². The molecule has 0 bridgehead atoms. The number of carbonyl (C=O) groups is 1. The Morgan fingerprint density at radius 2 is 1.92 bits per heavy atom. The summed E-state index contributed by atoms with van der Waals surface area (Å²) in [5.41, 5.74) is 8.77. The van der Waals surface area contributed by atoms with E-state index in [0.717, 1.165) is 22.5 Å². The predicted octanol–water partition coefficient (Wildman–Crippen LogP) is 2.76. The number of carbonyl (C=O) groups excluding carboxylic acids is 1. The van der Waals surface area contributed by atoms with Gasteiger partial charge in [0, 0.05) is 18.2 Å². The summed E-state index contributed by atoms with van der Waals surface area (Å²) < 4.78 is 1.28. The van der Waals surface area contributed by atoms with E-state index in [1.165, 1.54) is 4.68 Å². The third-order valence-electron chi connectivity index (χ3n) is 4.51. The van der Waals surface area contributed by atoms with Crippen LogP contribution in [0.5, 0.6) is 0 Å². The molecule has 1 unspecified atom stereocenters. The summed E-state index contributed by atoms with van der Waals surface area (Å²) in [4.78, 5) is 16.3. The van der Waals surface area contributed by atoms with Crippen molar-refractivity contribution in [2.45, 2.75) is 11.8 Å². The van der Waals surface area contributed by atoms with Gasteiger partial charge in [-0.3, -0.25) is 4.98 Å². The van der Waals surface area contributed by atoms with Crippen LogP contribution in [0.25, 0.3) is 6.08 Å². The van der Waals surface area contributed by atoms with Crippen LogP contribution < -0.4 is 5.73 Å². The van der Waals surface area contributed by atoms with Crippen molar-refractivity contribution in [2.75, 3.05) is 0 Å². The Morgan fingerprint density at radius 3 is 2.62 bits per heavy atom. The van der Waals surface area contributed by atoms with Gasteiger partial charge in [0.25, 0.3) is 0 Å². The number of benzene rings is 1. The van der Waals surface area contributed by atoms with Crippen LogP contribution in [-0.2, 0) is 11.8 Å². The van der Waals surface area contributed by atoms with Crippen LogP contribution in [0.3, 0.4) is 0 Å². The average molecular weight is 316 g/mol. The molecule has 1 aliphatic carbocycles. The molecule has 0 radical (unpaired) electrons. The van der Waals surface area contributed by atoms with E-state index in [1.807, 2.05) is 42.5 Å². The molecule has 5 heteroatoms. The zero-order valence-corrected chi connectivity index (χ0v) is 13.0. The number of allylic oxidation sites excluding steroid dienone is 1. The van der Waals surface area contributed by atoms with Crippen LogP contribution in [0, 0.1) is 0 Å². The molecule has 3 aromatic rings. The Morgan fingerprint density at radius 1 is 1.12 bits per heavy atom. The maximum Gasteiger partial charge on any atom is 0.339 e. The van der Waals surface area contributed by atoms with Crippen LogP contribution in [0.4, 0.5) is 4.79 Å². The Kier molecular flexibility index (Phi) is 3.27. The number of hydrogen-bond acceptors (Lipinski definition) is 3. The van der Waals surface area contributed by atoms with Gasteiger partial charge in [-0.1, -0.05) is 48.6 Å². The first-order chi connectivity index (χ1) is 11.7. The number of rotatable bonds is 2. The van der Waals surface area contributed by atoms with E-state index < -0.39 is 11.4 Å². The number of amides is 1. The minimum atomic E-state index is -0.575. The van der Waals surface area contributed by atoms with Gasteiger partial charge in [0.1, 0.15) is 0 Å². The highest BCUT2D eigenvalue weighted by molar-refractivity contribution is 5.77. The van der Waals surface area contributed by atoms with E-state index in [1.54, 1.807) is 12.4 Å². The lowest BCUT2D eigenvalue weighted by molar-refractivity contribution is 0.246. The van der Waals surface area contributed by atoms with Gasteiger partial charge in [-0.15, -0.1) is 0 Å². The highest BCUT2D eigenvalue weighted by Crippen LogP contribution is 2.40. The van der Waals surface area contributed by atoms with Gasteiger partial charge in [0.05, 0.1) is 23.0 Å².